The fraction of sp³-hybridized carbons (Fsp3) is 0.227. The number of aromatic nitrogens is 1. The molecule has 0 unspecified atom stereocenters. The Hall–Kier alpha value is -3.26. The highest BCUT2D eigenvalue weighted by Crippen LogP contribution is 2.29. The molecule has 2 saturated heterocycles. The van der Waals surface area contributed by atoms with Gasteiger partial charge in [0, 0.05) is 18.3 Å². The average molecular weight is 421 g/mol. The molecule has 2 aliphatic heterocycles. The molecule has 1 atom stereocenters. The number of benzene rings is 2. The number of carbonyl (C=O) groups is 2. The highest BCUT2D eigenvalue weighted by molar-refractivity contribution is 8.27. The van der Waals surface area contributed by atoms with E-state index in [0.29, 0.717) is 30.1 Å². The van der Waals surface area contributed by atoms with Crippen LogP contribution in [0.4, 0.5) is 10.8 Å². The SMILES string of the molecule is O=C1NC(=Cc2ccc(OC[C@@H]3CCCN3c3nc4ccccc4o3)cc2)C(=O)S1. The van der Waals surface area contributed by atoms with Crippen LogP contribution in [0.3, 0.4) is 0 Å². The second-order valence-corrected chi connectivity index (χ2v) is 8.14. The third-order valence-electron chi connectivity index (χ3n) is 5.18. The minimum Gasteiger partial charge on any atom is -0.491 e. The van der Waals surface area contributed by atoms with E-state index in [1.54, 1.807) is 6.08 Å². The van der Waals surface area contributed by atoms with Crippen LogP contribution in [-0.2, 0) is 4.79 Å². The van der Waals surface area contributed by atoms with Gasteiger partial charge in [0.2, 0.25) is 5.12 Å². The molecule has 3 heterocycles. The highest BCUT2D eigenvalue weighted by atomic mass is 32.2. The first-order valence-corrected chi connectivity index (χ1v) is 10.6. The van der Waals surface area contributed by atoms with E-state index in [2.05, 4.69) is 15.2 Å². The molecule has 0 radical (unpaired) electrons. The van der Waals surface area contributed by atoms with Crippen molar-refractivity contribution >= 4 is 45.3 Å². The maximum atomic E-state index is 11.7. The molecule has 1 aromatic heterocycles. The third-order valence-corrected chi connectivity index (χ3v) is 5.87. The largest absolute Gasteiger partial charge is 0.491 e. The number of oxazole rings is 1. The number of rotatable bonds is 5. The second kappa shape index (κ2) is 7.87. The number of hydrogen-bond donors (Lipinski definition) is 1. The fourth-order valence-corrected chi connectivity index (χ4v) is 4.23. The van der Waals surface area contributed by atoms with E-state index < -0.39 is 0 Å². The van der Waals surface area contributed by atoms with Crippen molar-refractivity contribution in [1.82, 2.24) is 10.3 Å². The van der Waals surface area contributed by atoms with Gasteiger partial charge in [-0.3, -0.25) is 9.59 Å². The van der Waals surface area contributed by atoms with E-state index in [0.717, 1.165) is 41.8 Å². The molecule has 5 rings (SSSR count). The first-order valence-electron chi connectivity index (χ1n) is 9.76. The van der Waals surface area contributed by atoms with Crippen molar-refractivity contribution in [2.75, 3.05) is 18.1 Å². The highest BCUT2D eigenvalue weighted by Gasteiger charge is 2.29. The minimum atomic E-state index is -0.341. The molecule has 7 nitrogen and oxygen atoms in total. The molecule has 2 aliphatic rings. The van der Waals surface area contributed by atoms with Gasteiger partial charge in [-0.2, -0.15) is 4.98 Å². The van der Waals surface area contributed by atoms with Gasteiger partial charge >= 0.3 is 0 Å². The fourth-order valence-electron chi connectivity index (χ4n) is 3.68. The van der Waals surface area contributed by atoms with Crippen molar-refractivity contribution in [3.8, 4) is 5.75 Å². The standard InChI is InChI=1S/C22H19N3O4S/c26-20-18(24-22(27)30-20)12-14-7-9-16(10-8-14)28-13-15-4-3-11-25(15)21-23-17-5-1-2-6-19(17)29-21/h1-2,5-10,12,15H,3-4,11,13H2,(H,24,27)/t15-/m0/s1. The molecule has 0 aliphatic carbocycles. The molecule has 2 fully saturated rings. The number of nitrogens with zero attached hydrogens (tertiary/aromatic N) is 2. The lowest BCUT2D eigenvalue weighted by Gasteiger charge is -2.22. The van der Waals surface area contributed by atoms with Crippen LogP contribution in [0.15, 0.2) is 58.6 Å². The van der Waals surface area contributed by atoms with Gasteiger partial charge in [-0.25, -0.2) is 0 Å². The van der Waals surface area contributed by atoms with Crippen LogP contribution in [0.2, 0.25) is 0 Å². The Morgan fingerprint density at radius 1 is 1.20 bits per heavy atom. The first-order chi connectivity index (χ1) is 14.7. The molecule has 0 spiro atoms. The Morgan fingerprint density at radius 3 is 2.80 bits per heavy atom. The van der Waals surface area contributed by atoms with E-state index in [-0.39, 0.29) is 16.4 Å². The lowest BCUT2D eigenvalue weighted by atomic mass is 10.2. The topological polar surface area (TPSA) is 84.7 Å². The Bertz CT molecular complexity index is 1110. The van der Waals surface area contributed by atoms with Gasteiger partial charge in [0.25, 0.3) is 11.3 Å². The van der Waals surface area contributed by atoms with Gasteiger partial charge < -0.3 is 19.4 Å². The zero-order valence-corrected chi connectivity index (χ0v) is 16.9. The lowest BCUT2D eigenvalue weighted by molar-refractivity contribution is -0.107. The van der Waals surface area contributed by atoms with Gasteiger partial charge in [0.1, 0.15) is 17.9 Å². The van der Waals surface area contributed by atoms with Crippen LogP contribution in [0.25, 0.3) is 17.2 Å². The third kappa shape index (κ3) is 3.78. The smallest absolute Gasteiger partial charge is 0.298 e. The summed E-state index contributed by atoms with van der Waals surface area (Å²) in [6.07, 6.45) is 3.75. The van der Waals surface area contributed by atoms with Crippen molar-refractivity contribution in [2.45, 2.75) is 18.9 Å². The van der Waals surface area contributed by atoms with Crippen LogP contribution < -0.4 is 15.0 Å². The number of para-hydroxylation sites is 2. The Balaban J connectivity index is 1.23. The summed E-state index contributed by atoms with van der Waals surface area (Å²) in [7, 11) is 0. The monoisotopic (exact) mass is 421 g/mol. The maximum Gasteiger partial charge on any atom is 0.298 e. The van der Waals surface area contributed by atoms with E-state index in [4.69, 9.17) is 9.15 Å². The van der Waals surface area contributed by atoms with Gasteiger partial charge in [0.05, 0.1) is 11.7 Å². The van der Waals surface area contributed by atoms with E-state index in [1.165, 1.54) is 0 Å². The van der Waals surface area contributed by atoms with Gasteiger partial charge in [-0.1, -0.05) is 24.3 Å². The zero-order valence-electron chi connectivity index (χ0n) is 16.0. The summed E-state index contributed by atoms with van der Waals surface area (Å²) < 4.78 is 11.9. The van der Waals surface area contributed by atoms with Gasteiger partial charge in [-0.15, -0.1) is 0 Å². The molecule has 1 N–H and O–H groups in total. The molecule has 2 aromatic carbocycles. The van der Waals surface area contributed by atoms with Crippen LogP contribution >= 0.6 is 11.8 Å². The van der Waals surface area contributed by atoms with E-state index >= 15 is 0 Å². The number of anilines is 1. The Labute approximate surface area is 177 Å². The minimum absolute atomic E-state index is 0.197. The van der Waals surface area contributed by atoms with Crippen molar-refractivity contribution < 1.29 is 18.7 Å². The normalized spacial score (nSPS) is 20.3. The van der Waals surface area contributed by atoms with E-state index in [1.807, 2.05) is 48.5 Å². The average Bonchev–Trinajstić information content (AvgIpc) is 3.45. The molecular weight excluding hydrogens is 402 g/mol. The second-order valence-electron chi connectivity index (χ2n) is 7.19. The number of amides is 1. The maximum absolute atomic E-state index is 11.7. The van der Waals surface area contributed by atoms with Crippen LogP contribution in [0.1, 0.15) is 18.4 Å². The number of thioether (sulfide) groups is 1. The number of fused-ring (bicyclic) bond motifs is 1. The van der Waals surface area contributed by atoms with Gasteiger partial charge in [-0.05, 0) is 48.7 Å². The van der Waals surface area contributed by atoms with Crippen molar-refractivity contribution in [3.05, 3.63) is 59.8 Å². The quantitative estimate of drug-likeness (QED) is 0.618. The molecule has 30 heavy (non-hydrogen) atoms. The predicted molar refractivity (Wildman–Crippen MR) is 115 cm³/mol. The van der Waals surface area contributed by atoms with Crippen LogP contribution in [0, 0.1) is 0 Å². The van der Waals surface area contributed by atoms with Gasteiger partial charge in [0.15, 0.2) is 5.58 Å². The van der Waals surface area contributed by atoms with Crippen molar-refractivity contribution in [3.63, 3.8) is 0 Å². The molecule has 1 amide bonds. The summed E-state index contributed by atoms with van der Waals surface area (Å²) in [5, 5.41) is 1.94. The zero-order chi connectivity index (χ0) is 20.5. The van der Waals surface area contributed by atoms with Crippen molar-refractivity contribution in [2.24, 2.45) is 0 Å². The number of hydrogen-bond acceptors (Lipinski definition) is 7. The molecule has 152 valence electrons. The first kappa shape index (κ1) is 18.7. The Kier molecular flexibility index (Phi) is 4.92. The molecule has 8 heteroatoms. The predicted octanol–water partition coefficient (Wildman–Crippen LogP) is 4.20. The number of nitrogens with one attached hydrogen (secondary N) is 1. The summed E-state index contributed by atoms with van der Waals surface area (Å²) in [6.45, 7) is 1.43. The molecule has 3 aromatic rings. The number of carbonyl (C=O) groups excluding carboxylic acids is 2. The Morgan fingerprint density at radius 2 is 2.03 bits per heavy atom. The van der Waals surface area contributed by atoms with E-state index in [9.17, 15) is 9.59 Å². The van der Waals surface area contributed by atoms with Crippen LogP contribution in [0.5, 0.6) is 5.75 Å². The summed E-state index contributed by atoms with van der Waals surface area (Å²) in [6, 6.07) is 16.0. The molecule has 0 bridgehead atoms. The van der Waals surface area contributed by atoms with Crippen LogP contribution in [-0.4, -0.2) is 34.5 Å². The summed E-state index contributed by atoms with van der Waals surface area (Å²) >= 11 is 0.673. The summed E-state index contributed by atoms with van der Waals surface area (Å²) in [4.78, 5) is 29.7. The summed E-state index contributed by atoms with van der Waals surface area (Å²) in [5.41, 5.74) is 2.78. The number of ether oxygens (including phenoxy) is 1. The molecule has 0 saturated carbocycles. The molecular formula is C22H19N3O4S. The van der Waals surface area contributed by atoms with Crippen molar-refractivity contribution in [1.29, 1.82) is 0 Å². The lowest BCUT2D eigenvalue weighted by Crippen LogP contribution is -2.34. The summed E-state index contributed by atoms with van der Waals surface area (Å²) in [5.74, 6) is 0.748.